The van der Waals surface area contributed by atoms with Gasteiger partial charge in [0.25, 0.3) is 0 Å². The molecular weight excluding hydrogens is 334 g/mol. The highest BCUT2D eigenvalue weighted by atomic mass is 16.5. The molecule has 0 spiro atoms. The summed E-state index contributed by atoms with van der Waals surface area (Å²) in [6, 6.07) is 8.34. The number of benzene rings is 1. The average molecular weight is 366 g/mol. The number of rotatable bonds is 6. The van der Waals surface area contributed by atoms with E-state index in [1.54, 1.807) is 7.11 Å². The first-order valence-corrected chi connectivity index (χ1v) is 10.4. The van der Waals surface area contributed by atoms with Gasteiger partial charge in [-0.1, -0.05) is 13.8 Å². The fraction of sp³-hybridized carbons (Fsp3) is 0.565. The van der Waals surface area contributed by atoms with Gasteiger partial charge in [-0.2, -0.15) is 0 Å². The van der Waals surface area contributed by atoms with Crippen molar-refractivity contribution in [1.29, 1.82) is 0 Å². The van der Waals surface area contributed by atoms with Gasteiger partial charge in [0.15, 0.2) is 0 Å². The fourth-order valence-electron chi connectivity index (χ4n) is 3.84. The van der Waals surface area contributed by atoms with Crippen LogP contribution in [0.25, 0.3) is 11.3 Å². The second kappa shape index (κ2) is 7.97. The van der Waals surface area contributed by atoms with Crippen molar-refractivity contribution in [3.8, 4) is 17.0 Å². The van der Waals surface area contributed by atoms with E-state index in [-0.39, 0.29) is 0 Å². The summed E-state index contributed by atoms with van der Waals surface area (Å²) < 4.78 is 5.33. The summed E-state index contributed by atoms with van der Waals surface area (Å²) in [5.74, 6) is 3.29. The normalized spacial score (nSPS) is 17.6. The Morgan fingerprint density at radius 3 is 2.48 bits per heavy atom. The summed E-state index contributed by atoms with van der Waals surface area (Å²) in [7, 11) is 1.71. The van der Waals surface area contributed by atoms with Crippen molar-refractivity contribution in [3.63, 3.8) is 0 Å². The predicted molar refractivity (Wildman–Crippen MR) is 109 cm³/mol. The highest BCUT2D eigenvalue weighted by Gasteiger charge is 2.29. The van der Waals surface area contributed by atoms with Crippen LogP contribution in [0.2, 0.25) is 0 Å². The lowest BCUT2D eigenvalue weighted by molar-refractivity contribution is 0.269. The fourth-order valence-corrected chi connectivity index (χ4v) is 3.84. The van der Waals surface area contributed by atoms with Crippen molar-refractivity contribution >= 4 is 0 Å². The lowest BCUT2D eigenvalue weighted by Crippen LogP contribution is -2.28. The van der Waals surface area contributed by atoms with Crippen LogP contribution in [0.5, 0.6) is 5.75 Å². The standard InChI is InChI=1S/C23H31N3O/c1-16(2)10-13-26-14-11-20-21(12-15-26)24-23(18-4-5-18)25-22(20)17-6-8-19(27-3)9-7-17/h6-9,16,18H,4-5,10-15H2,1-3H3. The maximum absolute atomic E-state index is 5.33. The lowest BCUT2D eigenvalue weighted by atomic mass is 10.0. The molecule has 1 fully saturated rings. The molecule has 0 saturated heterocycles. The monoisotopic (exact) mass is 365 g/mol. The highest BCUT2D eigenvalue weighted by Crippen LogP contribution is 2.40. The molecule has 2 heterocycles. The van der Waals surface area contributed by atoms with E-state index in [0.717, 1.165) is 49.1 Å². The Morgan fingerprint density at radius 1 is 1.07 bits per heavy atom. The van der Waals surface area contributed by atoms with Gasteiger partial charge in [0.05, 0.1) is 12.8 Å². The van der Waals surface area contributed by atoms with Crippen molar-refractivity contribution in [2.24, 2.45) is 5.92 Å². The van der Waals surface area contributed by atoms with Crippen molar-refractivity contribution in [2.45, 2.75) is 51.9 Å². The van der Waals surface area contributed by atoms with Crippen LogP contribution in [-0.4, -0.2) is 41.6 Å². The molecule has 0 amide bonds. The van der Waals surface area contributed by atoms with Crippen LogP contribution in [0.15, 0.2) is 24.3 Å². The van der Waals surface area contributed by atoms with E-state index in [0.29, 0.717) is 5.92 Å². The van der Waals surface area contributed by atoms with Gasteiger partial charge in [-0.15, -0.1) is 0 Å². The third kappa shape index (κ3) is 4.32. The number of hydrogen-bond donors (Lipinski definition) is 0. The van der Waals surface area contributed by atoms with Gasteiger partial charge in [0.2, 0.25) is 0 Å². The molecule has 144 valence electrons. The summed E-state index contributed by atoms with van der Waals surface area (Å²) in [6.45, 7) is 8.02. The molecule has 4 rings (SSSR count). The van der Waals surface area contributed by atoms with E-state index in [1.807, 2.05) is 12.1 Å². The second-order valence-electron chi connectivity index (χ2n) is 8.38. The van der Waals surface area contributed by atoms with E-state index in [2.05, 4.69) is 30.9 Å². The maximum atomic E-state index is 5.33. The van der Waals surface area contributed by atoms with E-state index in [1.165, 1.54) is 42.6 Å². The van der Waals surface area contributed by atoms with Crippen LogP contribution in [-0.2, 0) is 12.8 Å². The number of fused-ring (bicyclic) bond motifs is 1. The molecule has 27 heavy (non-hydrogen) atoms. The highest BCUT2D eigenvalue weighted by molar-refractivity contribution is 5.65. The minimum absolute atomic E-state index is 0.576. The van der Waals surface area contributed by atoms with Gasteiger partial charge in [-0.3, -0.25) is 0 Å². The second-order valence-corrected chi connectivity index (χ2v) is 8.38. The quantitative estimate of drug-likeness (QED) is 0.757. The molecule has 4 heteroatoms. The molecule has 0 unspecified atom stereocenters. The van der Waals surface area contributed by atoms with Crippen LogP contribution in [0.1, 0.15) is 56.1 Å². The van der Waals surface area contributed by atoms with Gasteiger partial charge in [-0.25, -0.2) is 9.97 Å². The molecule has 1 aromatic heterocycles. The van der Waals surface area contributed by atoms with Crippen LogP contribution >= 0.6 is 0 Å². The van der Waals surface area contributed by atoms with Gasteiger partial charge >= 0.3 is 0 Å². The topological polar surface area (TPSA) is 38.3 Å². The molecule has 2 aromatic rings. The Hall–Kier alpha value is -1.94. The zero-order valence-electron chi connectivity index (χ0n) is 16.9. The Bertz CT molecular complexity index is 781. The smallest absolute Gasteiger partial charge is 0.132 e. The number of nitrogens with zero attached hydrogens (tertiary/aromatic N) is 3. The van der Waals surface area contributed by atoms with Crippen molar-refractivity contribution in [3.05, 3.63) is 41.3 Å². The van der Waals surface area contributed by atoms with Crippen molar-refractivity contribution in [1.82, 2.24) is 14.9 Å². The Balaban J connectivity index is 1.64. The number of hydrogen-bond acceptors (Lipinski definition) is 4. The molecule has 0 radical (unpaired) electrons. The van der Waals surface area contributed by atoms with E-state index < -0.39 is 0 Å². The van der Waals surface area contributed by atoms with Crippen molar-refractivity contribution < 1.29 is 4.74 Å². The first-order valence-electron chi connectivity index (χ1n) is 10.4. The zero-order valence-corrected chi connectivity index (χ0v) is 16.9. The average Bonchev–Trinajstić information content (AvgIpc) is 3.53. The largest absolute Gasteiger partial charge is 0.497 e. The third-order valence-corrected chi connectivity index (χ3v) is 5.78. The molecule has 1 aliphatic heterocycles. The molecule has 1 saturated carbocycles. The summed E-state index contributed by atoms with van der Waals surface area (Å²) in [4.78, 5) is 12.7. The van der Waals surface area contributed by atoms with E-state index in [9.17, 15) is 0 Å². The van der Waals surface area contributed by atoms with Gasteiger partial charge in [-0.05, 0) is 62.4 Å². The molecule has 0 atom stereocenters. The summed E-state index contributed by atoms with van der Waals surface area (Å²) in [5, 5.41) is 0. The third-order valence-electron chi connectivity index (χ3n) is 5.78. The molecule has 1 aliphatic carbocycles. The zero-order chi connectivity index (χ0) is 18.8. The van der Waals surface area contributed by atoms with Crippen LogP contribution < -0.4 is 4.74 Å². The van der Waals surface area contributed by atoms with Gasteiger partial charge in [0.1, 0.15) is 11.6 Å². The Labute approximate surface area is 163 Å². The van der Waals surface area contributed by atoms with E-state index >= 15 is 0 Å². The van der Waals surface area contributed by atoms with Crippen molar-refractivity contribution in [2.75, 3.05) is 26.7 Å². The maximum Gasteiger partial charge on any atom is 0.132 e. The van der Waals surface area contributed by atoms with Crippen LogP contribution in [0.3, 0.4) is 0 Å². The number of aromatic nitrogens is 2. The van der Waals surface area contributed by atoms with Gasteiger partial charge < -0.3 is 9.64 Å². The molecule has 0 N–H and O–H groups in total. The SMILES string of the molecule is COc1ccc(-c2nc(C3CC3)nc3c2CCN(CCC(C)C)CC3)cc1. The minimum Gasteiger partial charge on any atom is -0.497 e. The van der Waals surface area contributed by atoms with Gasteiger partial charge in [0, 0.05) is 42.2 Å². The van der Waals surface area contributed by atoms with Crippen LogP contribution in [0.4, 0.5) is 0 Å². The summed E-state index contributed by atoms with van der Waals surface area (Å²) >= 11 is 0. The first kappa shape index (κ1) is 18.4. The Kier molecular flexibility index (Phi) is 5.44. The number of methoxy groups -OCH3 is 1. The minimum atomic E-state index is 0.576. The Morgan fingerprint density at radius 2 is 1.81 bits per heavy atom. The summed E-state index contributed by atoms with van der Waals surface area (Å²) in [5.41, 5.74) is 4.98. The molecule has 0 bridgehead atoms. The lowest BCUT2D eigenvalue weighted by Gasteiger charge is -2.20. The molecular formula is C23H31N3O. The summed E-state index contributed by atoms with van der Waals surface area (Å²) in [6.07, 6.45) is 5.82. The molecule has 4 nitrogen and oxygen atoms in total. The molecule has 1 aromatic carbocycles. The van der Waals surface area contributed by atoms with E-state index in [4.69, 9.17) is 14.7 Å². The first-order chi connectivity index (χ1) is 13.1. The predicted octanol–water partition coefficient (Wildman–Crippen LogP) is 4.48. The van der Waals surface area contributed by atoms with Crippen LogP contribution in [0, 0.1) is 5.92 Å². The molecule has 2 aliphatic rings. The number of ether oxygens (including phenoxy) is 1.